The molecule has 2 heterocycles. The Kier molecular flexibility index (Phi) is 6.10. The lowest BCUT2D eigenvalue weighted by molar-refractivity contribution is -0.118. The molecule has 0 bridgehead atoms. The number of hydrogen-bond donors (Lipinski definition) is 1. The van der Waals surface area contributed by atoms with E-state index in [1.807, 2.05) is 6.92 Å². The van der Waals surface area contributed by atoms with Crippen molar-refractivity contribution in [1.82, 2.24) is 15.2 Å². The molecule has 7 nitrogen and oxygen atoms in total. The van der Waals surface area contributed by atoms with Crippen LogP contribution in [0.4, 0.5) is 10.8 Å². The van der Waals surface area contributed by atoms with E-state index in [4.69, 9.17) is 11.6 Å². The number of aromatic nitrogens is 3. The van der Waals surface area contributed by atoms with Gasteiger partial charge < -0.3 is 5.32 Å². The number of halogens is 1. The van der Waals surface area contributed by atoms with Crippen molar-refractivity contribution in [3.05, 3.63) is 23.5 Å². The van der Waals surface area contributed by atoms with E-state index >= 15 is 0 Å². The summed E-state index contributed by atoms with van der Waals surface area (Å²) in [6, 6.07) is 3.63. The summed E-state index contributed by atoms with van der Waals surface area (Å²) in [6.07, 6.45) is 3.99. The maximum atomic E-state index is 12.4. The van der Waals surface area contributed by atoms with Crippen molar-refractivity contribution < 1.29 is 9.59 Å². The van der Waals surface area contributed by atoms with Crippen molar-refractivity contribution in [1.29, 1.82) is 0 Å². The number of thioether (sulfide) groups is 1. The first-order valence-electron chi connectivity index (χ1n) is 8.23. The van der Waals surface area contributed by atoms with Crippen molar-refractivity contribution in [2.24, 2.45) is 0 Å². The van der Waals surface area contributed by atoms with E-state index in [2.05, 4.69) is 20.5 Å². The maximum absolute atomic E-state index is 12.4. The molecule has 1 atom stereocenters. The van der Waals surface area contributed by atoms with Gasteiger partial charge in [-0.25, -0.2) is 4.98 Å². The van der Waals surface area contributed by atoms with Crippen molar-refractivity contribution in [3.8, 4) is 0 Å². The van der Waals surface area contributed by atoms with E-state index in [-0.39, 0.29) is 23.0 Å². The molecule has 2 amide bonds. The first-order chi connectivity index (χ1) is 12.5. The third-order valence-electron chi connectivity index (χ3n) is 3.75. The lowest BCUT2D eigenvalue weighted by atomic mass is 10.4. The second-order valence-electron chi connectivity index (χ2n) is 5.79. The van der Waals surface area contributed by atoms with Gasteiger partial charge in [-0.3, -0.25) is 14.5 Å². The third kappa shape index (κ3) is 4.52. The quantitative estimate of drug-likeness (QED) is 0.425. The summed E-state index contributed by atoms with van der Waals surface area (Å²) in [4.78, 5) is 30.2. The predicted molar refractivity (Wildman–Crippen MR) is 104 cm³/mol. The van der Waals surface area contributed by atoms with Gasteiger partial charge in [-0.2, -0.15) is 0 Å². The van der Waals surface area contributed by atoms with Gasteiger partial charge >= 0.3 is 0 Å². The number of anilines is 2. The van der Waals surface area contributed by atoms with Gasteiger partial charge in [-0.1, -0.05) is 41.6 Å². The SMILES string of the molecule is CCC(=O)N(c1nnc(S[C@H](C)C(=O)Nc2cccnc2Cl)s1)C1CC1. The van der Waals surface area contributed by atoms with Crippen molar-refractivity contribution in [2.45, 2.75) is 48.7 Å². The number of pyridine rings is 1. The van der Waals surface area contributed by atoms with Gasteiger partial charge in [0.2, 0.25) is 16.9 Å². The lowest BCUT2D eigenvalue weighted by Crippen LogP contribution is -2.32. The first kappa shape index (κ1) is 19.1. The molecule has 0 aromatic carbocycles. The van der Waals surface area contributed by atoms with Crippen LogP contribution in [0.2, 0.25) is 5.15 Å². The van der Waals surface area contributed by atoms with Crippen LogP contribution in [0.1, 0.15) is 33.1 Å². The van der Waals surface area contributed by atoms with Gasteiger partial charge in [0.15, 0.2) is 9.49 Å². The van der Waals surface area contributed by atoms with Crippen LogP contribution in [0.3, 0.4) is 0 Å². The molecule has 10 heteroatoms. The van der Waals surface area contributed by atoms with Crippen molar-refractivity contribution in [2.75, 3.05) is 10.2 Å². The molecule has 0 radical (unpaired) electrons. The number of nitrogens with one attached hydrogen (secondary N) is 1. The highest BCUT2D eigenvalue weighted by molar-refractivity contribution is 8.02. The van der Waals surface area contributed by atoms with E-state index in [0.717, 1.165) is 12.8 Å². The highest BCUT2D eigenvalue weighted by atomic mass is 35.5. The molecule has 0 unspecified atom stereocenters. The molecule has 0 spiro atoms. The standard InChI is InChI=1S/C16H18ClN5O2S2/c1-3-12(23)22(10-6-7-10)15-20-21-16(26-15)25-9(2)14(24)19-11-5-4-8-18-13(11)17/h4-5,8-10H,3,6-7H2,1-2H3,(H,19,24)/t9-/m1/s1. The summed E-state index contributed by atoms with van der Waals surface area (Å²) in [5.74, 6) is -0.150. The Labute approximate surface area is 164 Å². The van der Waals surface area contributed by atoms with E-state index in [1.165, 1.54) is 23.1 Å². The van der Waals surface area contributed by atoms with Gasteiger partial charge in [0.05, 0.1) is 10.9 Å². The summed E-state index contributed by atoms with van der Waals surface area (Å²) in [5.41, 5.74) is 0.470. The first-order valence-corrected chi connectivity index (χ1v) is 10.3. The molecular weight excluding hydrogens is 394 g/mol. The number of carbonyl (C=O) groups excluding carboxylic acids is 2. The van der Waals surface area contributed by atoms with Crippen molar-refractivity contribution >= 4 is 57.3 Å². The molecule has 1 fully saturated rings. The summed E-state index contributed by atoms with van der Waals surface area (Å²) in [6.45, 7) is 3.62. The molecular formula is C16H18ClN5O2S2. The number of rotatable bonds is 7. The second kappa shape index (κ2) is 8.32. The molecule has 0 aliphatic heterocycles. The Morgan fingerprint density at radius 2 is 2.23 bits per heavy atom. The van der Waals surface area contributed by atoms with E-state index in [9.17, 15) is 9.59 Å². The van der Waals surface area contributed by atoms with Crippen LogP contribution in [-0.2, 0) is 9.59 Å². The molecule has 2 aromatic rings. The smallest absolute Gasteiger partial charge is 0.237 e. The lowest BCUT2D eigenvalue weighted by Gasteiger charge is -2.17. The summed E-state index contributed by atoms with van der Waals surface area (Å²) < 4.78 is 0.648. The Balaban J connectivity index is 1.63. The molecule has 1 aliphatic carbocycles. The summed E-state index contributed by atoms with van der Waals surface area (Å²) in [5, 5.41) is 11.5. The van der Waals surface area contributed by atoms with Crippen LogP contribution in [-0.4, -0.2) is 38.3 Å². The molecule has 1 saturated carbocycles. The average Bonchev–Trinajstić information content (AvgIpc) is 3.36. The zero-order valence-corrected chi connectivity index (χ0v) is 16.7. The molecule has 1 N–H and O–H groups in total. The van der Waals surface area contributed by atoms with Crippen LogP contribution >= 0.6 is 34.7 Å². The van der Waals surface area contributed by atoms with Crippen molar-refractivity contribution in [3.63, 3.8) is 0 Å². The van der Waals surface area contributed by atoms with Crippen LogP contribution in [0.5, 0.6) is 0 Å². The fraction of sp³-hybridized carbons (Fsp3) is 0.438. The average molecular weight is 412 g/mol. The fourth-order valence-corrected chi connectivity index (χ4v) is 4.48. The number of carbonyl (C=O) groups is 2. The van der Waals surface area contributed by atoms with Crippen LogP contribution in [0.15, 0.2) is 22.7 Å². The fourth-order valence-electron chi connectivity index (χ4n) is 2.24. The Morgan fingerprint density at radius 3 is 2.88 bits per heavy atom. The second-order valence-corrected chi connectivity index (χ2v) is 8.69. The topological polar surface area (TPSA) is 88.1 Å². The van der Waals surface area contributed by atoms with Gasteiger partial charge in [0, 0.05) is 18.7 Å². The highest BCUT2D eigenvalue weighted by Gasteiger charge is 2.35. The minimum absolute atomic E-state index is 0.0530. The molecule has 2 aromatic heterocycles. The summed E-state index contributed by atoms with van der Waals surface area (Å²) >= 11 is 8.59. The van der Waals surface area contributed by atoms with E-state index in [1.54, 1.807) is 30.2 Å². The highest BCUT2D eigenvalue weighted by Crippen LogP contribution is 2.37. The number of amides is 2. The Morgan fingerprint density at radius 1 is 1.46 bits per heavy atom. The van der Waals surface area contributed by atoms with E-state index < -0.39 is 5.25 Å². The Bertz CT molecular complexity index is 811. The van der Waals surface area contributed by atoms with Gasteiger partial charge in [0.25, 0.3) is 0 Å². The largest absolute Gasteiger partial charge is 0.322 e. The monoisotopic (exact) mass is 411 g/mol. The van der Waals surface area contributed by atoms with Crippen LogP contribution in [0, 0.1) is 0 Å². The maximum Gasteiger partial charge on any atom is 0.237 e. The van der Waals surface area contributed by atoms with Crippen LogP contribution < -0.4 is 10.2 Å². The minimum atomic E-state index is -0.400. The summed E-state index contributed by atoms with van der Waals surface area (Å²) in [7, 11) is 0. The molecule has 3 rings (SSSR count). The zero-order valence-electron chi connectivity index (χ0n) is 14.3. The van der Waals surface area contributed by atoms with Gasteiger partial charge in [-0.15, -0.1) is 10.2 Å². The number of hydrogen-bond acceptors (Lipinski definition) is 7. The molecule has 138 valence electrons. The van der Waals surface area contributed by atoms with Gasteiger partial charge in [0.1, 0.15) is 0 Å². The Hall–Kier alpha value is -1.71. The van der Waals surface area contributed by atoms with E-state index in [0.29, 0.717) is 21.6 Å². The minimum Gasteiger partial charge on any atom is -0.322 e. The van der Waals surface area contributed by atoms with Crippen LogP contribution in [0.25, 0.3) is 0 Å². The predicted octanol–water partition coefficient (Wildman–Crippen LogP) is 3.61. The molecule has 0 saturated heterocycles. The molecule has 1 aliphatic rings. The third-order valence-corrected chi connectivity index (χ3v) is 6.16. The molecule has 26 heavy (non-hydrogen) atoms. The zero-order chi connectivity index (χ0) is 18.7. The van der Waals surface area contributed by atoms with Gasteiger partial charge in [-0.05, 0) is 31.9 Å². The normalized spacial score (nSPS) is 14.7. The number of nitrogens with zero attached hydrogens (tertiary/aromatic N) is 4.